The Hall–Kier alpha value is -0.120. The molecule has 2 aliphatic heterocycles. The fraction of sp³-hybridized carbons (Fsp3) is 1.00. The molecule has 3 nitrogen and oxygen atoms in total. The van der Waals surface area contributed by atoms with Gasteiger partial charge in [-0.3, -0.25) is 5.43 Å². The zero-order chi connectivity index (χ0) is 11.4. The van der Waals surface area contributed by atoms with Gasteiger partial charge in [0.1, 0.15) is 0 Å². The molecular weight excluding hydrogens is 198 g/mol. The molecule has 2 atom stereocenters. The summed E-state index contributed by atoms with van der Waals surface area (Å²) in [6.07, 6.45) is 6.89. The van der Waals surface area contributed by atoms with Crippen LogP contribution in [-0.2, 0) is 0 Å². The van der Waals surface area contributed by atoms with E-state index in [1.165, 1.54) is 51.7 Å². The van der Waals surface area contributed by atoms with E-state index in [2.05, 4.69) is 29.2 Å². The number of hydrogen-bond acceptors (Lipinski definition) is 3. The number of likely N-dealkylation sites (tertiary alicyclic amines) is 1. The molecule has 94 valence electrons. The molecule has 2 unspecified atom stereocenters. The normalized spacial score (nSPS) is 33.4. The number of nitrogens with one attached hydrogen (secondary N) is 1. The van der Waals surface area contributed by atoms with Crippen molar-refractivity contribution < 1.29 is 0 Å². The molecule has 0 amide bonds. The van der Waals surface area contributed by atoms with Crippen LogP contribution in [0.3, 0.4) is 0 Å². The smallest absolute Gasteiger partial charge is 0.0230 e. The van der Waals surface area contributed by atoms with Gasteiger partial charge in [0.15, 0.2) is 0 Å². The minimum atomic E-state index is 0.710. The summed E-state index contributed by atoms with van der Waals surface area (Å²) in [5.41, 5.74) is 3.64. The highest BCUT2D eigenvalue weighted by atomic mass is 15.5. The molecule has 0 saturated carbocycles. The molecule has 2 heterocycles. The van der Waals surface area contributed by atoms with Crippen molar-refractivity contribution in [2.24, 2.45) is 0 Å². The van der Waals surface area contributed by atoms with Gasteiger partial charge >= 0.3 is 0 Å². The van der Waals surface area contributed by atoms with Crippen LogP contribution in [-0.4, -0.2) is 48.2 Å². The van der Waals surface area contributed by atoms with Gasteiger partial charge in [-0.05, 0) is 52.6 Å². The van der Waals surface area contributed by atoms with Gasteiger partial charge in [-0.2, -0.15) is 0 Å². The first kappa shape index (κ1) is 12.3. The summed E-state index contributed by atoms with van der Waals surface area (Å²) in [6, 6.07) is 1.42. The average Bonchev–Trinajstić information content (AvgIpc) is 2.75. The third-order valence-electron chi connectivity index (χ3n) is 4.11. The summed E-state index contributed by atoms with van der Waals surface area (Å²) >= 11 is 0. The summed E-state index contributed by atoms with van der Waals surface area (Å²) in [4.78, 5) is 2.58. The van der Waals surface area contributed by atoms with E-state index in [4.69, 9.17) is 0 Å². The predicted octanol–water partition coefficient (Wildman–Crippen LogP) is 1.85. The van der Waals surface area contributed by atoms with Crippen LogP contribution >= 0.6 is 0 Å². The van der Waals surface area contributed by atoms with E-state index in [0.29, 0.717) is 12.1 Å². The second kappa shape index (κ2) is 5.99. The highest BCUT2D eigenvalue weighted by Crippen LogP contribution is 2.20. The molecule has 0 aromatic carbocycles. The minimum absolute atomic E-state index is 0.710. The topological polar surface area (TPSA) is 18.5 Å². The molecule has 0 aromatic heterocycles. The monoisotopic (exact) mass is 225 g/mol. The molecule has 3 heteroatoms. The van der Waals surface area contributed by atoms with Gasteiger partial charge in [-0.15, -0.1) is 0 Å². The summed E-state index contributed by atoms with van der Waals surface area (Å²) in [5.74, 6) is 0. The predicted molar refractivity (Wildman–Crippen MR) is 68.3 cm³/mol. The van der Waals surface area contributed by atoms with E-state index >= 15 is 0 Å². The van der Waals surface area contributed by atoms with Crippen LogP contribution in [0.4, 0.5) is 0 Å². The third-order valence-corrected chi connectivity index (χ3v) is 4.11. The maximum absolute atomic E-state index is 3.64. The van der Waals surface area contributed by atoms with Crippen molar-refractivity contribution >= 4 is 0 Å². The van der Waals surface area contributed by atoms with Crippen LogP contribution in [0.5, 0.6) is 0 Å². The van der Waals surface area contributed by atoms with Crippen LogP contribution in [0.1, 0.15) is 46.0 Å². The first-order chi connectivity index (χ1) is 7.77. The summed E-state index contributed by atoms with van der Waals surface area (Å²) < 4.78 is 0. The van der Waals surface area contributed by atoms with Gasteiger partial charge in [0.2, 0.25) is 0 Å². The minimum Gasteiger partial charge on any atom is -0.302 e. The summed E-state index contributed by atoms with van der Waals surface area (Å²) in [5, 5.41) is 2.49. The number of nitrogens with zero attached hydrogens (tertiary/aromatic N) is 2. The molecule has 0 radical (unpaired) electrons. The van der Waals surface area contributed by atoms with Crippen molar-refractivity contribution in [3.05, 3.63) is 0 Å². The summed E-state index contributed by atoms with van der Waals surface area (Å²) in [6.45, 7) is 9.65. The Balaban J connectivity index is 1.67. The molecule has 2 rings (SSSR count). The van der Waals surface area contributed by atoms with Gasteiger partial charge in [-0.25, -0.2) is 5.01 Å². The number of hydrazine groups is 1. The van der Waals surface area contributed by atoms with Crippen molar-refractivity contribution in [3.8, 4) is 0 Å². The van der Waals surface area contributed by atoms with E-state index < -0.39 is 0 Å². The SMILES string of the molecule is CC1CCCC(C)N1NCCN1CCCC1. The van der Waals surface area contributed by atoms with Gasteiger partial charge in [0.25, 0.3) is 0 Å². The first-order valence-electron chi connectivity index (χ1n) is 7.01. The van der Waals surface area contributed by atoms with Crippen molar-refractivity contribution in [1.29, 1.82) is 0 Å². The molecule has 2 saturated heterocycles. The van der Waals surface area contributed by atoms with Crippen LogP contribution in [0.25, 0.3) is 0 Å². The Kier molecular flexibility index (Phi) is 4.62. The molecule has 0 spiro atoms. The second-order valence-corrected chi connectivity index (χ2v) is 5.49. The van der Waals surface area contributed by atoms with E-state index in [0.717, 1.165) is 6.54 Å². The first-order valence-corrected chi connectivity index (χ1v) is 7.01. The quantitative estimate of drug-likeness (QED) is 0.788. The molecule has 1 N–H and O–H groups in total. The lowest BCUT2D eigenvalue weighted by atomic mass is 10.00. The van der Waals surface area contributed by atoms with Crippen molar-refractivity contribution in [2.75, 3.05) is 26.2 Å². The molecule has 2 aliphatic rings. The van der Waals surface area contributed by atoms with Gasteiger partial charge < -0.3 is 4.90 Å². The largest absolute Gasteiger partial charge is 0.302 e. The number of piperidine rings is 1. The van der Waals surface area contributed by atoms with E-state index in [-0.39, 0.29) is 0 Å². The Bertz CT molecular complexity index is 191. The van der Waals surface area contributed by atoms with Crippen LogP contribution in [0.15, 0.2) is 0 Å². The fourth-order valence-corrected chi connectivity index (χ4v) is 3.08. The molecule has 2 fully saturated rings. The average molecular weight is 225 g/mol. The van der Waals surface area contributed by atoms with Gasteiger partial charge in [0.05, 0.1) is 0 Å². The van der Waals surface area contributed by atoms with Gasteiger partial charge in [0, 0.05) is 25.2 Å². The van der Waals surface area contributed by atoms with E-state index in [1.807, 2.05) is 0 Å². The molecule has 0 aliphatic carbocycles. The second-order valence-electron chi connectivity index (χ2n) is 5.49. The van der Waals surface area contributed by atoms with E-state index in [9.17, 15) is 0 Å². The third kappa shape index (κ3) is 3.19. The van der Waals surface area contributed by atoms with Gasteiger partial charge in [-0.1, -0.05) is 6.42 Å². The van der Waals surface area contributed by atoms with Crippen LogP contribution in [0.2, 0.25) is 0 Å². The Morgan fingerprint density at radius 1 is 1.00 bits per heavy atom. The van der Waals surface area contributed by atoms with Crippen molar-refractivity contribution in [3.63, 3.8) is 0 Å². The van der Waals surface area contributed by atoms with Crippen molar-refractivity contribution in [1.82, 2.24) is 15.3 Å². The summed E-state index contributed by atoms with van der Waals surface area (Å²) in [7, 11) is 0. The lowest BCUT2D eigenvalue weighted by Crippen LogP contribution is -2.53. The Morgan fingerprint density at radius 3 is 2.25 bits per heavy atom. The zero-order valence-electron chi connectivity index (χ0n) is 10.9. The lowest BCUT2D eigenvalue weighted by Gasteiger charge is -2.39. The van der Waals surface area contributed by atoms with Crippen molar-refractivity contribution in [2.45, 2.75) is 58.0 Å². The molecule has 16 heavy (non-hydrogen) atoms. The Morgan fingerprint density at radius 2 is 1.62 bits per heavy atom. The molecule has 0 bridgehead atoms. The maximum Gasteiger partial charge on any atom is 0.0230 e. The highest BCUT2D eigenvalue weighted by Gasteiger charge is 2.24. The van der Waals surface area contributed by atoms with Crippen LogP contribution < -0.4 is 5.43 Å². The Labute approximate surface area is 100 Å². The standard InChI is InChI=1S/C13H27N3/c1-12-6-5-7-13(2)16(12)14-8-11-15-9-3-4-10-15/h12-14H,3-11H2,1-2H3. The fourth-order valence-electron chi connectivity index (χ4n) is 3.08. The molecular formula is C13H27N3. The lowest BCUT2D eigenvalue weighted by molar-refractivity contribution is 0.0435. The highest BCUT2D eigenvalue weighted by molar-refractivity contribution is 4.77. The molecule has 0 aromatic rings. The van der Waals surface area contributed by atoms with Crippen LogP contribution in [0, 0.1) is 0 Å². The van der Waals surface area contributed by atoms with E-state index in [1.54, 1.807) is 0 Å². The number of rotatable bonds is 4. The zero-order valence-corrected chi connectivity index (χ0v) is 10.9. The maximum atomic E-state index is 3.64. The number of hydrogen-bond donors (Lipinski definition) is 1.